The molecule has 0 aromatic heterocycles. The third-order valence-electron chi connectivity index (χ3n) is 5.08. The van der Waals surface area contributed by atoms with Crippen LogP contribution in [0.15, 0.2) is 78.9 Å². The summed E-state index contributed by atoms with van der Waals surface area (Å²) in [6.45, 7) is 2.79. The lowest BCUT2D eigenvalue weighted by molar-refractivity contribution is 0.0743. The van der Waals surface area contributed by atoms with E-state index in [0.29, 0.717) is 24.4 Å². The van der Waals surface area contributed by atoms with Gasteiger partial charge in [-0.2, -0.15) is 0 Å². The molecule has 0 N–H and O–H groups in total. The van der Waals surface area contributed by atoms with Gasteiger partial charge in [-0.05, 0) is 36.4 Å². The standard InChI is InChI=1S/C24H24N2O3/c1-28-22-13-7-5-11-20(22)24(27)26-17-15-25(16-18-26)21-12-6-8-14-23(21)29-19-9-3-2-4-10-19/h2-14H,15-18H2,1H3. The van der Waals surface area contributed by atoms with Crippen molar-refractivity contribution in [1.29, 1.82) is 0 Å². The van der Waals surface area contributed by atoms with Crippen LogP contribution in [-0.2, 0) is 0 Å². The number of anilines is 1. The van der Waals surface area contributed by atoms with Gasteiger partial charge in [0.15, 0.2) is 5.75 Å². The fraction of sp³-hybridized carbons (Fsp3) is 0.208. The molecule has 0 atom stereocenters. The summed E-state index contributed by atoms with van der Waals surface area (Å²) in [7, 11) is 1.59. The molecule has 1 aliphatic heterocycles. The molecule has 4 rings (SSSR count). The van der Waals surface area contributed by atoms with Gasteiger partial charge in [-0.15, -0.1) is 0 Å². The first-order chi connectivity index (χ1) is 14.3. The van der Waals surface area contributed by atoms with Crippen LogP contribution in [0.25, 0.3) is 0 Å². The lowest BCUT2D eigenvalue weighted by Gasteiger charge is -2.36. The number of piperazine rings is 1. The molecule has 1 heterocycles. The van der Waals surface area contributed by atoms with Gasteiger partial charge in [0.25, 0.3) is 5.91 Å². The minimum absolute atomic E-state index is 0.0101. The predicted octanol–water partition coefficient (Wildman–Crippen LogP) is 4.45. The maximum atomic E-state index is 12.9. The smallest absolute Gasteiger partial charge is 0.257 e. The molecule has 5 nitrogen and oxygen atoms in total. The third-order valence-corrected chi connectivity index (χ3v) is 5.08. The number of carbonyl (C=O) groups excluding carboxylic acids is 1. The maximum absolute atomic E-state index is 12.9. The Hall–Kier alpha value is -3.47. The van der Waals surface area contributed by atoms with Gasteiger partial charge >= 0.3 is 0 Å². The Labute approximate surface area is 171 Å². The van der Waals surface area contributed by atoms with E-state index in [9.17, 15) is 4.79 Å². The molecule has 0 bridgehead atoms. The van der Waals surface area contributed by atoms with Crippen LogP contribution in [0, 0.1) is 0 Å². The Morgan fingerprint density at radius 2 is 1.38 bits per heavy atom. The Kier molecular flexibility index (Phi) is 5.66. The highest BCUT2D eigenvalue weighted by atomic mass is 16.5. The number of amides is 1. The SMILES string of the molecule is COc1ccccc1C(=O)N1CCN(c2ccccc2Oc2ccccc2)CC1. The van der Waals surface area contributed by atoms with Crippen molar-refractivity contribution in [2.75, 3.05) is 38.2 Å². The molecule has 1 saturated heterocycles. The van der Waals surface area contributed by atoms with E-state index in [1.54, 1.807) is 7.11 Å². The van der Waals surface area contributed by atoms with E-state index in [2.05, 4.69) is 11.0 Å². The van der Waals surface area contributed by atoms with Crippen molar-refractivity contribution in [3.05, 3.63) is 84.4 Å². The first kappa shape index (κ1) is 18.9. The van der Waals surface area contributed by atoms with E-state index in [1.807, 2.05) is 77.7 Å². The number of rotatable bonds is 5. The lowest BCUT2D eigenvalue weighted by Crippen LogP contribution is -2.48. The van der Waals surface area contributed by atoms with Crippen molar-refractivity contribution in [3.63, 3.8) is 0 Å². The molecule has 5 heteroatoms. The minimum atomic E-state index is 0.0101. The highest BCUT2D eigenvalue weighted by Crippen LogP contribution is 2.33. The number of benzene rings is 3. The zero-order valence-electron chi connectivity index (χ0n) is 16.5. The molecule has 3 aromatic carbocycles. The fourth-order valence-electron chi connectivity index (χ4n) is 3.56. The van der Waals surface area contributed by atoms with Crippen molar-refractivity contribution in [3.8, 4) is 17.2 Å². The predicted molar refractivity (Wildman–Crippen MR) is 114 cm³/mol. The van der Waals surface area contributed by atoms with Gasteiger partial charge in [0.1, 0.15) is 11.5 Å². The van der Waals surface area contributed by atoms with Crippen LogP contribution >= 0.6 is 0 Å². The van der Waals surface area contributed by atoms with Crippen LogP contribution in [0.4, 0.5) is 5.69 Å². The van der Waals surface area contributed by atoms with Crippen molar-refractivity contribution >= 4 is 11.6 Å². The second kappa shape index (κ2) is 8.69. The van der Waals surface area contributed by atoms with Crippen LogP contribution in [-0.4, -0.2) is 44.1 Å². The van der Waals surface area contributed by atoms with E-state index in [0.717, 1.165) is 30.3 Å². The van der Waals surface area contributed by atoms with Crippen molar-refractivity contribution in [2.45, 2.75) is 0 Å². The molecule has 0 aliphatic carbocycles. The maximum Gasteiger partial charge on any atom is 0.257 e. The van der Waals surface area contributed by atoms with Crippen molar-refractivity contribution in [2.24, 2.45) is 0 Å². The average molecular weight is 388 g/mol. The summed E-state index contributed by atoms with van der Waals surface area (Å²) in [6, 6.07) is 25.2. The number of carbonyl (C=O) groups is 1. The minimum Gasteiger partial charge on any atom is -0.496 e. The summed E-state index contributed by atoms with van der Waals surface area (Å²) in [6.07, 6.45) is 0. The molecule has 1 fully saturated rings. The van der Waals surface area contributed by atoms with E-state index in [-0.39, 0.29) is 5.91 Å². The first-order valence-electron chi connectivity index (χ1n) is 9.75. The van der Waals surface area contributed by atoms with Gasteiger partial charge in [-0.3, -0.25) is 4.79 Å². The monoisotopic (exact) mass is 388 g/mol. The van der Waals surface area contributed by atoms with Crippen molar-refractivity contribution < 1.29 is 14.3 Å². The van der Waals surface area contributed by atoms with E-state index in [1.165, 1.54) is 0 Å². The van der Waals surface area contributed by atoms with Crippen LogP contribution in [0.3, 0.4) is 0 Å². The van der Waals surface area contributed by atoms with E-state index >= 15 is 0 Å². The number of ether oxygens (including phenoxy) is 2. The van der Waals surface area contributed by atoms with Gasteiger partial charge in [0.05, 0.1) is 18.4 Å². The second-order valence-electron chi connectivity index (χ2n) is 6.86. The molecular weight excluding hydrogens is 364 g/mol. The summed E-state index contributed by atoms with van der Waals surface area (Å²) >= 11 is 0. The zero-order valence-corrected chi connectivity index (χ0v) is 16.5. The van der Waals surface area contributed by atoms with Gasteiger partial charge in [-0.1, -0.05) is 42.5 Å². The van der Waals surface area contributed by atoms with Gasteiger partial charge in [-0.25, -0.2) is 0 Å². The molecule has 0 unspecified atom stereocenters. The number of nitrogens with zero attached hydrogens (tertiary/aromatic N) is 2. The molecule has 29 heavy (non-hydrogen) atoms. The third kappa shape index (κ3) is 4.19. The Morgan fingerprint density at radius 1 is 0.759 bits per heavy atom. The van der Waals surface area contributed by atoms with Gasteiger partial charge in [0, 0.05) is 26.2 Å². The normalized spacial score (nSPS) is 13.8. The van der Waals surface area contributed by atoms with Gasteiger partial charge in [0.2, 0.25) is 0 Å². The molecule has 148 valence electrons. The number of para-hydroxylation sites is 4. The molecule has 0 spiro atoms. The quantitative estimate of drug-likeness (QED) is 0.648. The lowest BCUT2D eigenvalue weighted by atomic mass is 10.1. The zero-order chi connectivity index (χ0) is 20.1. The second-order valence-corrected chi connectivity index (χ2v) is 6.86. The van der Waals surface area contributed by atoms with Crippen LogP contribution in [0.5, 0.6) is 17.2 Å². The summed E-state index contributed by atoms with van der Waals surface area (Å²) in [5.74, 6) is 2.26. The molecule has 1 amide bonds. The van der Waals surface area contributed by atoms with Crippen LogP contribution in [0.2, 0.25) is 0 Å². The molecule has 3 aromatic rings. The summed E-state index contributed by atoms with van der Waals surface area (Å²) < 4.78 is 11.4. The van der Waals surface area contributed by atoms with E-state index < -0.39 is 0 Å². The molecule has 0 saturated carbocycles. The first-order valence-corrected chi connectivity index (χ1v) is 9.75. The van der Waals surface area contributed by atoms with Crippen LogP contribution in [0.1, 0.15) is 10.4 Å². The summed E-state index contributed by atoms with van der Waals surface area (Å²) in [5.41, 5.74) is 1.65. The van der Waals surface area contributed by atoms with E-state index in [4.69, 9.17) is 9.47 Å². The van der Waals surface area contributed by atoms with Crippen LogP contribution < -0.4 is 14.4 Å². The number of hydrogen-bond acceptors (Lipinski definition) is 4. The van der Waals surface area contributed by atoms with Crippen molar-refractivity contribution in [1.82, 2.24) is 4.90 Å². The molecular formula is C24H24N2O3. The molecule has 0 radical (unpaired) electrons. The topological polar surface area (TPSA) is 42.0 Å². The number of methoxy groups -OCH3 is 1. The Balaban J connectivity index is 1.46. The Morgan fingerprint density at radius 3 is 2.10 bits per heavy atom. The fourth-order valence-corrected chi connectivity index (χ4v) is 3.56. The Bertz CT molecular complexity index is 967. The largest absolute Gasteiger partial charge is 0.496 e. The highest BCUT2D eigenvalue weighted by molar-refractivity contribution is 5.97. The average Bonchev–Trinajstić information content (AvgIpc) is 2.80. The molecule has 1 aliphatic rings. The summed E-state index contributed by atoms with van der Waals surface area (Å²) in [4.78, 5) is 17.1. The highest BCUT2D eigenvalue weighted by Gasteiger charge is 2.25. The summed E-state index contributed by atoms with van der Waals surface area (Å²) in [5, 5.41) is 0. The van der Waals surface area contributed by atoms with Gasteiger partial charge < -0.3 is 19.3 Å². The number of hydrogen-bond donors (Lipinski definition) is 0.